The van der Waals surface area contributed by atoms with E-state index < -0.39 is 5.54 Å². The number of methoxy groups -OCH3 is 1. The summed E-state index contributed by atoms with van der Waals surface area (Å²) >= 11 is 0. The van der Waals surface area contributed by atoms with Gasteiger partial charge in [0, 0.05) is 12.8 Å². The van der Waals surface area contributed by atoms with Crippen LogP contribution >= 0.6 is 0 Å². The number of unbranched alkanes of at least 4 members (excludes halogenated alkanes) is 5. The smallest absolute Gasteiger partial charge is 0.333 e. The molecule has 1 aliphatic heterocycles. The minimum absolute atomic E-state index is 0.0351. The number of hydroxylamine groups is 2. The van der Waals surface area contributed by atoms with Gasteiger partial charge in [0.15, 0.2) is 5.54 Å². The van der Waals surface area contributed by atoms with Crippen LogP contribution in [0.5, 0.6) is 0 Å². The molecule has 0 amide bonds. The van der Waals surface area contributed by atoms with E-state index >= 15 is 0 Å². The van der Waals surface area contributed by atoms with E-state index in [9.17, 15) is 10.0 Å². The molecule has 0 spiro atoms. The van der Waals surface area contributed by atoms with Gasteiger partial charge in [0.2, 0.25) is 0 Å². The summed E-state index contributed by atoms with van der Waals surface area (Å²) in [4.78, 5) is 15.6. The van der Waals surface area contributed by atoms with Gasteiger partial charge in [0.25, 0.3) is 0 Å². The van der Waals surface area contributed by atoms with Crippen molar-refractivity contribution in [3.8, 4) is 0 Å². The third-order valence-corrected chi connectivity index (χ3v) is 4.51. The van der Waals surface area contributed by atoms with E-state index in [1.165, 1.54) is 50.7 Å². The van der Waals surface area contributed by atoms with E-state index in [4.69, 9.17) is 4.74 Å². The molecule has 0 radical (unpaired) electrons. The molecule has 1 unspecified atom stereocenters. The Hall–Kier alpha value is -1.20. The zero-order valence-electron chi connectivity index (χ0n) is 18.5. The lowest BCUT2D eigenvalue weighted by Crippen LogP contribution is -2.29. The highest BCUT2D eigenvalue weighted by Gasteiger charge is 2.51. The molecule has 0 aromatic rings. The molecule has 2 aliphatic rings. The van der Waals surface area contributed by atoms with Crippen molar-refractivity contribution in [3.63, 3.8) is 0 Å². The lowest BCUT2D eigenvalue weighted by molar-refractivity contribution is -0.143. The Kier molecular flexibility index (Phi) is 18.9. The third kappa shape index (κ3) is 12.0. The molecule has 5 nitrogen and oxygen atoms in total. The number of hydrogen-bond donors (Lipinski definition) is 1. The van der Waals surface area contributed by atoms with Gasteiger partial charge in [-0.3, -0.25) is 4.99 Å². The van der Waals surface area contributed by atoms with Crippen LogP contribution in [0.25, 0.3) is 0 Å². The maximum absolute atomic E-state index is 11.4. The second-order valence-electron chi connectivity index (χ2n) is 6.59. The molecular formula is C22H44N2O3. The zero-order chi connectivity index (χ0) is 21.1. The minimum atomic E-state index is -0.627. The summed E-state index contributed by atoms with van der Waals surface area (Å²) < 4.78 is 4.69. The Morgan fingerprint density at radius 1 is 1.19 bits per heavy atom. The molecule has 1 atom stereocenters. The van der Waals surface area contributed by atoms with Crippen LogP contribution in [0.4, 0.5) is 0 Å². The molecule has 5 heteroatoms. The van der Waals surface area contributed by atoms with E-state index in [0.29, 0.717) is 6.54 Å². The molecule has 27 heavy (non-hydrogen) atoms. The van der Waals surface area contributed by atoms with Crippen molar-refractivity contribution in [3.05, 3.63) is 13.2 Å². The summed E-state index contributed by atoms with van der Waals surface area (Å²) in [5.41, 5.74) is -0.627. The van der Waals surface area contributed by atoms with Crippen molar-refractivity contribution < 1.29 is 14.7 Å². The monoisotopic (exact) mass is 384 g/mol. The zero-order valence-corrected chi connectivity index (χ0v) is 18.5. The highest BCUT2D eigenvalue weighted by atomic mass is 16.5. The first-order valence-electron chi connectivity index (χ1n) is 10.7. The van der Waals surface area contributed by atoms with Crippen LogP contribution < -0.4 is 0 Å². The molecule has 1 aliphatic carbocycles. The van der Waals surface area contributed by atoms with Gasteiger partial charge in [0.1, 0.15) is 0 Å². The number of ether oxygens (including phenoxy) is 1. The molecular weight excluding hydrogens is 340 g/mol. The van der Waals surface area contributed by atoms with Gasteiger partial charge in [-0.1, -0.05) is 66.2 Å². The molecule has 1 N–H and O–H groups in total. The second-order valence-corrected chi connectivity index (χ2v) is 6.59. The van der Waals surface area contributed by atoms with Crippen LogP contribution in [0.15, 0.2) is 18.2 Å². The summed E-state index contributed by atoms with van der Waals surface area (Å²) in [6.45, 7) is 15.2. The largest absolute Gasteiger partial charge is 0.467 e. The quantitative estimate of drug-likeness (QED) is 0.248. The first-order chi connectivity index (χ1) is 13.1. The van der Waals surface area contributed by atoms with Crippen LogP contribution in [-0.4, -0.2) is 47.7 Å². The fourth-order valence-corrected chi connectivity index (χ4v) is 2.71. The highest BCUT2D eigenvalue weighted by Crippen LogP contribution is 2.40. The van der Waals surface area contributed by atoms with Crippen molar-refractivity contribution in [1.29, 1.82) is 0 Å². The fourth-order valence-electron chi connectivity index (χ4n) is 2.71. The average Bonchev–Trinajstić information content (AvgIpc) is 3.41. The van der Waals surface area contributed by atoms with Gasteiger partial charge in [-0.15, -0.1) is 13.2 Å². The molecule has 1 saturated carbocycles. The molecule has 2 rings (SSSR count). The predicted octanol–water partition coefficient (Wildman–Crippen LogP) is 5.81. The van der Waals surface area contributed by atoms with Crippen molar-refractivity contribution in [2.24, 2.45) is 4.99 Å². The van der Waals surface area contributed by atoms with Gasteiger partial charge in [-0.25, -0.2) is 4.79 Å². The first kappa shape index (κ1) is 28.0. The number of rotatable bonds is 8. The van der Waals surface area contributed by atoms with Crippen molar-refractivity contribution in [1.82, 2.24) is 5.06 Å². The molecule has 1 saturated heterocycles. The van der Waals surface area contributed by atoms with E-state index in [-0.39, 0.29) is 12.0 Å². The van der Waals surface area contributed by atoms with Crippen LogP contribution in [-0.2, 0) is 9.53 Å². The number of hydrogen-bond acceptors (Lipinski definition) is 5. The number of nitrogens with zero attached hydrogens (tertiary/aromatic N) is 2. The van der Waals surface area contributed by atoms with Gasteiger partial charge < -0.3 is 9.94 Å². The molecule has 0 aromatic carbocycles. The van der Waals surface area contributed by atoms with Gasteiger partial charge in [-0.05, 0) is 25.7 Å². The lowest BCUT2D eigenvalue weighted by Gasteiger charge is -2.13. The van der Waals surface area contributed by atoms with Crippen LogP contribution in [0, 0.1) is 0 Å². The van der Waals surface area contributed by atoms with E-state index in [2.05, 4.69) is 32.0 Å². The Labute approximate surface area is 167 Å². The highest BCUT2D eigenvalue weighted by molar-refractivity contribution is 5.86. The van der Waals surface area contributed by atoms with E-state index in [1.54, 1.807) is 6.21 Å². The topological polar surface area (TPSA) is 62.1 Å². The average molecular weight is 385 g/mol. The van der Waals surface area contributed by atoms with Crippen LogP contribution in [0.1, 0.15) is 91.9 Å². The second kappa shape index (κ2) is 18.2. The molecule has 2 fully saturated rings. The van der Waals surface area contributed by atoms with Crippen LogP contribution in [0.3, 0.4) is 0 Å². The van der Waals surface area contributed by atoms with Crippen molar-refractivity contribution >= 4 is 12.2 Å². The lowest BCUT2D eigenvalue weighted by atomic mass is 10.1. The maximum Gasteiger partial charge on any atom is 0.333 e. The van der Waals surface area contributed by atoms with E-state index in [1.807, 2.05) is 13.8 Å². The summed E-state index contributed by atoms with van der Waals surface area (Å²) in [6, 6.07) is -0.0351. The van der Waals surface area contributed by atoms with Gasteiger partial charge in [-0.2, -0.15) is 5.06 Å². The minimum Gasteiger partial charge on any atom is -0.467 e. The summed E-state index contributed by atoms with van der Waals surface area (Å²) in [6.07, 6.45) is 13.6. The van der Waals surface area contributed by atoms with Gasteiger partial charge >= 0.3 is 5.97 Å². The molecule has 160 valence electrons. The molecule has 0 aromatic heterocycles. The summed E-state index contributed by atoms with van der Waals surface area (Å²) in [5, 5.41) is 10.7. The number of aliphatic imine (C=N–C) groups is 1. The number of esters is 1. The number of carbonyl (C=O) groups is 1. The maximum atomic E-state index is 11.4. The Bertz CT molecular complexity index is 376. The first-order valence-corrected chi connectivity index (χ1v) is 10.7. The predicted molar refractivity (Wildman–Crippen MR) is 116 cm³/mol. The van der Waals surface area contributed by atoms with E-state index in [0.717, 1.165) is 25.7 Å². The number of carbonyl (C=O) groups excluding carboxylic acids is 1. The molecule has 1 heterocycles. The molecule has 0 bridgehead atoms. The standard InChI is InChI=1S/C10H16N2O3.C8H18.C2H6.C2H4/c1-15-9(13)10(4-5-10)11-7-8-3-2-6-12(8)14;1-3-5-7-8-6-4-2;2*1-2/h7-8,14H,2-6H2,1H3;3-8H2,1-2H3;1-2H3;1-2H2. The third-order valence-electron chi connectivity index (χ3n) is 4.51. The Balaban J connectivity index is 0. The Morgan fingerprint density at radius 2 is 1.70 bits per heavy atom. The van der Waals surface area contributed by atoms with Gasteiger partial charge in [0.05, 0.1) is 13.2 Å². The SMILES string of the molecule is C=C.CC.CCCCCCCC.COC(=O)C1(N=CC2CCCN2O)CC1. The fraction of sp³-hybridized carbons (Fsp3) is 0.818. The summed E-state index contributed by atoms with van der Waals surface area (Å²) in [5.74, 6) is -0.263. The normalized spacial score (nSPS) is 19.7. The van der Waals surface area contributed by atoms with Crippen molar-refractivity contribution in [2.75, 3.05) is 13.7 Å². The Morgan fingerprint density at radius 3 is 2.04 bits per heavy atom. The van der Waals surface area contributed by atoms with Crippen molar-refractivity contribution in [2.45, 2.75) is 103 Å². The summed E-state index contributed by atoms with van der Waals surface area (Å²) in [7, 11) is 1.38. The van der Waals surface area contributed by atoms with Crippen LogP contribution in [0.2, 0.25) is 0 Å².